The average molecular weight is 457 g/mol. The second-order valence-electron chi connectivity index (χ2n) is 8.35. The molecular weight excluding hydrogens is 424 g/mol. The van der Waals surface area contributed by atoms with E-state index in [2.05, 4.69) is 38.0 Å². The van der Waals surface area contributed by atoms with Gasteiger partial charge in [0.15, 0.2) is 5.82 Å². The smallest absolute Gasteiger partial charge is 0.305 e. The Bertz CT molecular complexity index is 918. The van der Waals surface area contributed by atoms with Crippen molar-refractivity contribution in [3.63, 3.8) is 0 Å². The number of benzene rings is 1. The van der Waals surface area contributed by atoms with Gasteiger partial charge in [-0.1, -0.05) is 17.8 Å². The van der Waals surface area contributed by atoms with Crippen LogP contribution < -0.4 is 4.90 Å². The van der Waals surface area contributed by atoms with Gasteiger partial charge in [0.1, 0.15) is 11.8 Å². The van der Waals surface area contributed by atoms with Crippen molar-refractivity contribution in [1.82, 2.24) is 14.9 Å². The number of rotatable bonds is 9. The molecule has 0 spiro atoms. The molecule has 0 saturated carbocycles. The minimum absolute atomic E-state index is 0.0633. The monoisotopic (exact) mass is 456 g/mol. The number of hydrogen-bond donors (Lipinski definition) is 0. The summed E-state index contributed by atoms with van der Waals surface area (Å²) in [4.78, 5) is 26.4. The molecule has 0 unspecified atom stereocenters. The predicted molar refractivity (Wildman–Crippen MR) is 125 cm³/mol. The first kappa shape index (κ1) is 23.0. The summed E-state index contributed by atoms with van der Waals surface area (Å²) in [7, 11) is 1.71. The van der Waals surface area contributed by atoms with Crippen LogP contribution >= 0.6 is 11.8 Å². The summed E-state index contributed by atoms with van der Waals surface area (Å²) >= 11 is 1.66. The van der Waals surface area contributed by atoms with Gasteiger partial charge < -0.3 is 9.47 Å². The van der Waals surface area contributed by atoms with Gasteiger partial charge in [0.25, 0.3) is 0 Å². The number of nitrogens with zero attached hydrogens (tertiary/aromatic N) is 4. The lowest BCUT2D eigenvalue weighted by molar-refractivity contribution is -0.143. The Hall–Kier alpha value is -2.16. The number of fused-ring (bicyclic) bond motifs is 2. The Morgan fingerprint density at radius 3 is 2.81 bits per heavy atom. The van der Waals surface area contributed by atoms with Crippen LogP contribution in [0.15, 0.2) is 40.5 Å². The minimum atomic E-state index is -0.0633. The van der Waals surface area contributed by atoms with E-state index >= 15 is 0 Å². The molecule has 8 heteroatoms. The summed E-state index contributed by atoms with van der Waals surface area (Å²) in [6, 6.07) is 6.69. The van der Waals surface area contributed by atoms with E-state index in [1.54, 1.807) is 31.3 Å². The van der Waals surface area contributed by atoms with Gasteiger partial charge in [0.2, 0.25) is 0 Å². The Kier molecular flexibility index (Phi) is 8.00. The first-order chi connectivity index (χ1) is 15.7. The number of hydrogen-bond acceptors (Lipinski definition) is 8. The van der Waals surface area contributed by atoms with E-state index in [1.165, 1.54) is 23.3 Å². The van der Waals surface area contributed by atoms with Gasteiger partial charge in [0, 0.05) is 37.4 Å². The Labute approximate surface area is 194 Å². The van der Waals surface area contributed by atoms with Crippen molar-refractivity contribution >= 4 is 29.2 Å². The number of likely N-dealkylation sites (tertiary alicyclic amines) is 1. The maximum atomic E-state index is 11.5. The van der Waals surface area contributed by atoms with Crippen LogP contribution in [0.1, 0.15) is 44.6 Å². The van der Waals surface area contributed by atoms with Gasteiger partial charge >= 0.3 is 5.97 Å². The highest BCUT2D eigenvalue weighted by atomic mass is 32.2. The second kappa shape index (κ2) is 11.1. The van der Waals surface area contributed by atoms with Crippen molar-refractivity contribution in [2.45, 2.75) is 55.5 Å². The van der Waals surface area contributed by atoms with Gasteiger partial charge in [-0.05, 0) is 69.3 Å². The van der Waals surface area contributed by atoms with Crippen LogP contribution in [0.3, 0.4) is 0 Å². The second-order valence-corrected chi connectivity index (χ2v) is 9.38. The quantitative estimate of drug-likeness (QED) is 0.506. The summed E-state index contributed by atoms with van der Waals surface area (Å²) < 4.78 is 10.5. The van der Waals surface area contributed by atoms with Crippen molar-refractivity contribution in [1.29, 1.82) is 0 Å². The molecule has 4 rings (SSSR count). The van der Waals surface area contributed by atoms with E-state index in [0.717, 1.165) is 49.0 Å². The normalized spacial score (nSPS) is 16.5. The molecule has 3 heterocycles. The molecule has 2 aliphatic rings. The molecule has 1 saturated heterocycles. The molecule has 0 amide bonds. The Balaban J connectivity index is 1.33. The zero-order valence-electron chi connectivity index (χ0n) is 19.0. The fourth-order valence-corrected chi connectivity index (χ4v) is 5.46. The lowest BCUT2D eigenvalue weighted by atomic mass is 9.91. The summed E-state index contributed by atoms with van der Waals surface area (Å²) in [6.07, 6.45) is 8.46. The Morgan fingerprint density at radius 2 is 2.03 bits per heavy atom. The van der Waals surface area contributed by atoms with Crippen molar-refractivity contribution < 1.29 is 14.3 Å². The lowest BCUT2D eigenvalue weighted by Crippen LogP contribution is -2.33. The largest absolute Gasteiger partial charge is 0.466 e. The van der Waals surface area contributed by atoms with Crippen LogP contribution in [0.5, 0.6) is 0 Å². The topological polar surface area (TPSA) is 67.8 Å². The number of ether oxygens (including phenoxy) is 2. The predicted octanol–water partition coefficient (Wildman–Crippen LogP) is 4.63. The lowest BCUT2D eigenvalue weighted by Gasteiger charge is -2.33. The van der Waals surface area contributed by atoms with E-state index in [-0.39, 0.29) is 5.97 Å². The summed E-state index contributed by atoms with van der Waals surface area (Å²) in [5, 5.41) is 0.912. The van der Waals surface area contributed by atoms with Gasteiger partial charge in [-0.3, -0.25) is 14.6 Å². The molecule has 1 fully saturated rings. The maximum absolute atomic E-state index is 11.5. The molecule has 2 aromatic rings. The van der Waals surface area contributed by atoms with Gasteiger partial charge in [-0.2, -0.15) is 0 Å². The van der Waals surface area contributed by atoms with Gasteiger partial charge in [-0.15, -0.1) is 0 Å². The van der Waals surface area contributed by atoms with E-state index < -0.39 is 0 Å². The number of methoxy groups -OCH3 is 1. The molecule has 172 valence electrons. The molecule has 0 radical (unpaired) electrons. The first-order valence-corrected chi connectivity index (χ1v) is 12.3. The number of carbonyl (C=O) groups excluding carboxylic acids is 1. The summed E-state index contributed by atoms with van der Waals surface area (Å²) in [6.45, 7) is 5.93. The van der Waals surface area contributed by atoms with E-state index in [9.17, 15) is 4.79 Å². The zero-order chi connectivity index (χ0) is 22.3. The molecule has 0 atom stereocenters. The number of piperidine rings is 1. The highest BCUT2D eigenvalue weighted by molar-refractivity contribution is 7.99. The van der Waals surface area contributed by atoms with Crippen molar-refractivity contribution in [3.8, 4) is 0 Å². The van der Waals surface area contributed by atoms with E-state index in [1.807, 2.05) is 6.92 Å². The van der Waals surface area contributed by atoms with E-state index in [0.29, 0.717) is 25.7 Å². The molecule has 2 aliphatic heterocycles. The van der Waals surface area contributed by atoms with Crippen molar-refractivity contribution in [2.75, 3.05) is 38.4 Å². The van der Waals surface area contributed by atoms with Gasteiger partial charge in [-0.25, -0.2) is 9.97 Å². The van der Waals surface area contributed by atoms with Crippen LogP contribution in [0.4, 0.5) is 11.5 Å². The molecular formula is C24H32N4O3S. The SMILES string of the molecule is CCOC(=O)CCCC1CCN(Cc2ccc3c(c2)N(COC)c2nccnc2S3)CC1. The molecule has 32 heavy (non-hydrogen) atoms. The zero-order valence-corrected chi connectivity index (χ0v) is 19.8. The summed E-state index contributed by atoms with van der Waals surface area (Å²) in [5.74, 6) is 1.51. The number of esters is 1. The number of carbonyl (C=O) groups is 1. The van der Waals surface area contributed by atoms with Crippen molar-refractivity contribution in [3.05, 3.63) is 36.2 Å². The molecule has 1 aromatic heterocycles. The van der Waals surface area contributed by atoms with Crippen molar-refractivity contribution in [2.24, 2.45) is 5.92 Å². The minimum Gasteiger partial charge on any atom is -0.466 e. The van der Waals surface area contributed by atoms with Crippen LogP contribution in [-0.2, 0) is 20.8 Å². The number of anilines is 2. The van der Waals surface area contributed by atoms with E-state index in [4.69, 9.17) is 9.47 Å². The molecule has 0 aliphatic carbocycles. The molecule has 1 aromatic carbocycles. The van der Waals surface area contributed by atoms with Crippen LogP contribution in [0.25, 0.3) is 0 Å². The first-order valence-electron chi connectivity index (χ1n) is 11.4. The molecule has 0 bridgehead atoms. The van der Waals surface area contributed by atoms with Crippen LogP contribution in [0, 0.1) is 5.92 Å². The fraction of sp³-hybridized carbons (Fsp3) is 0.542. The standard InChI is InChI=1S/C24H32N4O3S/c1-3-31-22(29)6-4-5-18-9-13-27(14-10-18)16-19-7-8-21-20(15-19)28(17-30-2)23-24(32-21)26-12-11-25-23/h7-8,11-12,15,18H,3-6,9-10,13-14,16-17H2,1-2H3. The molecule has 7 nitrogen and oxygen atoms in total. The third-order valence-corrected chi connectivity index (χ3v) is 7.14. The highest BCUT2D eigenvalue weighted by Gasteiger charge is 2.26. The Morgan fingerprint density at radius 1 is 1.22 bits per heavy atom. The number of aromatic nitrogens is 2. The van der Waals surface area contributed by atoms with Crippen LogP contribution in [0.2, 0.25) is 0 Å². The summed E-state index contributed by atoms with van der Waals surface area (Å²) in [5.41, 5.74) is 2.44. The van der Waals surface area contributed by atoms with Gasteiger partial charge in [0.05, 0.1) is 12.3 Å². The molecule has 0 N–H and O–H groups in total. The third kappa shape index (κ3) is 5.60. The van der Waals surface area contributed by atoms with Crippen LogP contribution in [-0.4, -0.2) is 54.4 Å². The third-order valence-electron chi connectivity index (χ3n) is 6.09. The highest BCUT2D eigenvalue weighted by Crippen LogP contribution is 2.46. The maximum Gasteiger partial charge on any atom is 0.305 e. The fourth-order valence-electron chi connectivity index (χ4n) is 4.47. The average Bonchev–Trinajstić information content (AvgIpc) is 2.81.